The number of cyclic esters (lactones) is 1. The topological polar surface area (TPSA) is 141 Å². The van der Waals surface area contributed by atoms with Crippen molar-refractivity contribution in [3.05, 3.63) is 130 Å². The quantitative estimate of drug-likeness (QED) is 0.149. The molecule has 4 N–H and O–H groups in total. The molecule has 6 aromatic rings. The molecule has 0 fully saturated rings. The maximum Gasteiger partial charge on any atom is 0.340 e. The molecule has 0 spiro atoms. The molecule has 1 aliphatic heterocycles. The Kier molecular flexibility index (Phi) is 6.09. The lowest BCUT2D eigenvalue weighted by atomic mass is 9.72. The van der Waals surface area contributed by atoms with Crippen molar-refractivity contribution in [2.24, 2.45) is 0 Å². The molecule has 8 heteroatoms. The molecule has 7 rings (SSSR count). The maximum absolute atomic E-state index is 14.1. The maximum atomic E-state index is 14.1. The first-order chi connectivity index (χ1) is 21.5. The van der Waals surface area contributed by atoms with E-state index in [4.69, 9.17) is 4.74 Å². The number of hydrogen-bond acceptors (Lipinski definition) is 6. The molecule has 222 valence electrons. The van der Waals surface area contributed by atoms with Crippen LogP contribution in [0.5, 0.6) is 11.5 Å². The van der Waals surface area contributed by atoms with Crippen molar-refractivity contribution >= 4 is 50.2 Å². The van der Waals surface area contributed by atoms with Gasteiger partial charge in [-0.1, -0.05) is 86.6 Å². The smallest absolute Gasteiger partial charge is 0.340 e. The van der Waals surface area contributed by atoms with Gasteiger partial charge >= 0.3 is 17.9 Å². The number of esters is 1. The molecule has 0 bridgehead atoms. The molecule has 1 heterocycles. The Labute approximate surface area is 256 Å². The van der Waals surface area contributed by atoms with Gasteiger partial charge in [0.15, 0.2) is 5.60 Å². The van der Waals surface area contributed by atoms with Crippen LogP contribution in [0, 0.1) is 0 Å². The molecule has 0 amide bonds. The van der Waals surface area contributed by atoms with Gasteiger partial charge in [0.2, 0.25) is 0 Å². The molecule has 0 radical (unpaired) electrons. The monoisotopic (exact) mass is 598 g/mol. The average Bonchev–Trinajstić information content (AvgIpc) is 3.03. The summed E-state index contributed by atoms with van der Waals surface area (Å²) in [6.45, 7) is 3.98. The standard InChI is InChI=1S/C37H26O8/c1-18(2)20-13-14-23-25(15-20)30(17-27(33(23)39)35(42)43)37(28-12-6-8-19-7-5-11-24(31(19)28)36(44)45-37)29-16-26(34(40)41)32(38)22-10-4-3-9-21(22)29/h3-18,38-39H,1-2H3,(H,40,41)(H,42,43). The molecule has 0 aromatic heterocycles. The lowest BCUT2D eigenvalue weighted by Crippen LogP contribution is -2.39. The second kappa shape index (κ2) is 9.82. The fourth-order valence-corrected chi connectivity index (χ4v) is 6.65. The van der Waals surface area contributed by atoms with Crippen LogP contribution in [0.1, 0.15) is 73.1 Å². The Bertz CT molecular complexity index is 2280. The van der Waals surface area contributed by atoms with Gasteiger partial charge in [-0.3, -0.25) is 0 Å². The third-order valence-electron chi connectivity index (χ3n) is 8.78. The second-order valence-electron chi connectivity index (χ2n) is 11.5. The number of phenols is 2. The van der Waals surface area contributed by atoms with Gasteiger partial charge < -0.3 is 25.2 Å². The van der Waals surface area contributed by atoms with E-state index < -0.39 is 46.1 Å². The first-order valence-electron chi connectivity index (χ1n) is 14.3. The number of carboxylic acid groups (broad SMARTS) is 2. The van der Waals surface area contributed by atoms with Gasteiger partial charge in [0.05, 0.1) is 5.56 Å². The SMILES string of the molecule is CC(C)c1ccc2c(O)c(C(=O)O)cc(C3(c4cc(C(=O)O)c(O)c5ccccc45)OC(=O)c4cccc5cccc3c45)c2c1. The van der Waals surface area contributed by atoms with Gasteiger partial charge in [0.1, 0.15) is 22.6 Å². The Morgan fingerprint density at radius 1 is 0.667 bits per heavy atom. The summed E-state index contributed by atoms with van der Waals surface area (Å²) >= 11 is 0. The number of hydrogen-bond donors (Lipinski definition) is 4. The summed E-state index contributed by atoms with van der Waals surface area (Å²) in [6.07, 6.45) is 0. The molecule has 0 saturated heterocycles. The van der Waals surface area contributed by atoms with E-state index in [1.807, 2.05) is 32.0 Å². The number of rotatable bonds is 5. The van der Waals surface area contributed by atoms with Crippen molar-refractivity contribution in [3.8, 4) is 11.5 Å². The van der Waals surface area contributed by atoms with Crippen LogP contribution < -0.4 is 0 Å². The van der Waals surface area contributed by atoms with Crippen molar-refractivity contribution in [1.29, 1.82) is 0 Å². The van der Waals surface area contributed by atoms with Gasteiger partial charge in [-0.2, -0.15) is 0 Å². The van der Waals surface area contributed by atoms with Crippen LogP contribution in [0.15, 0.2) is 91.0 Å². The predicted octanol–water partition coefficient (Wildman–Crippen LogP) is 7.54. The number of aromatic carboxylic acids is 2. The summed E-state index contributed by atoms with van der Waals surface area (Å²) in [4.78, 5) is 39.2. The molecule has 0 aliphatic carbocycles. The highest BCUT2D eigenvalue weighted by Gasteiger charge is 2.49. The van der Waals surface area contributed by atoms with E-state index in [-0.39, 0.29) is 27.8 Å². The van der Waals surface area contributed by atoms with Crippen LogP contribution in [0.3, 0.4) is 0 Å². The first kappa shape index (κ1) is 27.9. The number of benzene rings is 6. The third-order valence-corrected chi connectivity index (χ3v) is 8.78. The lowest BCUT2D eigenvalue weighted by molar-refractivity contribution is 0.0135. The molecule has 6 aromatic carbocycles. The number of carbonyl (C=O) groups is 3. The van der Waals surface area contributed by atoms with E-state index >= 15 is 0 Å². The Balaban J connectivity index is 1.79. The molecule has 1 atom stereocenters. The molecule has 1 aliphatic rings. The fraction of sp³-hybridized carbons (Fsp3) is 0.108. The third kappa shape index (κ3) is 3.88. The minimum absolute atomic E-state index is 0.0469. The second-order valence-corrected chi connectivity index (χ2v) is 11.5. The Morgan fingerprint density at radius 2 is 1.24 bits per heavy atom. The van der Waals surface area contributed by atoms with Crippen LogP contribution >= 0.6 is 0 Å². The summed E-state index contributed by atoms with van der Waals surface area (Å²) in [5.74, 6) is -4.37. The van der Waals surface area contributed by atoms with E-state index in [0.29, 0.717) is 27.3 Å². The van der Waals surface area contributed by atoms with Crippen LogP contribution in [0.25, 0.3) is 32.3 Å². The van der Waals surface area contributed by atoms with Crippen LogP contribution in [0.4, 0.5) is 0 Å². The number of carbonyl (C=O) groups excluding carboxylic acids is 1. The molecule has 1 unspecified atom stereocenters. The van der Waals surface area contributed by atoms with Crippen molar-refractivity contribution in [3.63, 3.8) is 0 Å². The lowest BCUT2D eigenvalue weighted by Gasteiger charge is -2.41. The average molecular weight is 599 g/mol. The highest BCUT2D eigenvalue weighted by molar-refractivity contribution is 6.12. The normalized spacial score (nSPS) is 15.9. The van der Waals surface area contributed by atoms with E-state index in [0.717, 1.165) is 10.9 Å². The highest BCUT2D eigenvalue weighted by atomic mass is 16.6. The molecular weight excluding hydrogens is 572 g/mol. The van der Waals surface area contributed by atoms with E-state index in [2.05, 4.69) is 0 Å². The van der Waals surface area contributed by atoms with Crippen molar-refractivity contribution < 1.29 is 39.5 Å². The van der Waals surface area contributed by atoms with E-state index in [1.54, 1.807) is 60.7 Å². The summed E-state index contributed by atoms with van der Waals surface area (Å²) in [7, 11) is 0. The minimum atomic E-state index is -1.92. The van der Waals surface area contributed by atoms with Crippen LogP contribution in [0.2, 0.25) is 0 Å². The number of aromatic hydroxyl groups is 2. The molecule has 0 saturated carbocycles. The van der Waals surface area contributed by atoms with Gasteiger partial charge in [-0.05, 0) is 45.8 Å². The molecule has 8 nitrogen and oxygen atoms in total. The first-order valence-corrected chi connectivity index (χ1v) is 14.3. The summed E-state index contributed by atoms with van der Waals surface area (Å²) < 4.78 is 6.54. The van der Waals surface area contributed by atoms with Gasteiger partial charge in [-0.25, -0.2) is 14.4 Å². The zero-order valence-electron chi connectivity index (χ0n) is 24.2. The van der Waals surface area contributed by atoms with E-state index in [9.17, 15) is 34.8 Å². The van der Waals surface area contributed by atoms with Gasteiger partial charge in [0, 0.05) is 32.8 Å². The molecule has 45 heavy (non-hydrogen) atoms. The highest BCUT2D eigenvalue weighted by Crippen LogP contribution is 2.53. The number of fused-ring (bicyclic) bond motifs is 2. The number of carboxylic acids is 2. The van der Waals surface area contributed by atoms with Gasteiger partial charge in [0.25, 0.3) is 0 Å². The zero-order valence-corrected chi connectivity index (χ0v) is 24.2. The largest absolute Gasteiger partial charge is 0.506 e. The summed E-state index contributed by atoms with van der Waals surface area (Å²) in [5.41, 5.74) is -0.685. The zero-order chi connectivity index (χ0) is 31.8. The summed E-state index contributed by atoms with van der Waals surface area (Å²) in [6, 6.07) is 25.1. The van der Waals surface area contributed by atoms with Crippen molar-refractivity contribution in [2.45, 2.75) is 25.4 Å². The fourth-order valence-electron chi connectivity index (χ4n) is 6.65. The van der Waals surface area contributed by atoms with Crippen LogP contribution in [-0.2, 0) is 10.3 Å². The Hall–Kier alpha value is -5.89. The Morgan fingerprint density at radius 3 is 1.87 bits per heavy atom. The van der Waals surface area contributed by atoms with Crippen molar-refractivity contribution in [1.82, 2.24) is 0 Å². The predicted molar refractivity (Wildman–Crippen MR) is 168 cm³/mol. The van der Waals surface area contributed by atoms with Gasteiger partial charge in [-0.15, -0.1) is 0 Å². The number of ether oxygens (including phenoxy) is 1. The van der Waals surface area contributed by atoms with Crippen molar-refractivity contribution in [2.75, 3.05) is 0 Å². The van der Waals surface area contributed by atoms with Crippen LogP contribution in [-0.4, -0.2) is 38.3 Å². The minimum Gasteiger partial charge on any atom is -0.506 e. The molecular formula is C37H26O8. The summed E-state index contributed by atoms with van der Waals surface area (Å²) in [5, 5.41) is 45.3. The van der Waals surface area contributed by atoms with E-state index in [1.165, 1.54) is 12.1 Å².